The minimum Gasteiger partial charge on any atom is -0.507 e. The van der Waals surface area contributed by atoms with Gasteiger partial charge in [0.25, 0.3) is 11.7 Å². The van der Waals surface area contributed by atoms with E-state index in [0.29, 0.717) is 23.7 Å². The molecule has 0 spiro atoms. The highest BCUT2D eigenvalue weighted by Crippen LogP contribution is 2.47. The maximum absolute atomic E-state index is 13.3. The largest absolute Gasteiger partial charge is 0.507 e. The SMILES string of the molecule is CCOc1ccc(C2/C(=C(\O)c3cc(Cl)c(OC)c(Cl)c3OC)C(=O)C(=O)N2Cc2ccco2)cc1. The number of benzene rings is 2. The molecule has 1 unspecified atom stereocenters. The molecule has 1 N–H and O–H groups in total. The predicted molar refractivity (Wildman–Crippen MR) is 134 cm³/mol. The Balaban J connectivity index is 1.92. The summed E-state index contributed by atoms with van der Waals surface area (Å²) in [5, 5.41) is 11.5. The third-order valence-electron chi connectivity index (χ3n) is 5.75. The molecule has 1 fully saturated rings. The van der Waals surface area contributed by atoms with Gasteiger partial charge in [0.05, 0.1) is 55.8 Å². The molecule has 0 aliphatic carbocycles. The van der Waals surface area contributed by atoms with Crippen molar-refractivity contribution >= 4 is 40.7 Å². The van der Waals surface area contributed by atoms with E-state index in [1.807, 2.05) is 6.92 Å². The van der Waals surface area contributed by atoms with E-state index in [1.165, 1.54) is 31.4 Å². The smallest absolute Gasteiger partial charge is 0.296 e. The molecule has 36 heavy (non-hydrogen) atoms. The van der Waals surface area contributed by atoms with Crippen molar-refractivity contribution in [1.29, 1.82) is 0 Å². The Bertz CT molecular complexity index is 1320. The predicted octanol–water partition coefficient (Wildman–Crippen LogP) is 5.62. The highest BCUT2D eigenvalue weighted by molar-refractivity contribution is 6.47. The van der Waals surface area contributed by atoms with Gasteiger partial charge in [0.1, 0.15) is 22.3 Å². The van der Waals surface area contributed by atoms with Gasteiger partial charge in [-0.05, 0) is 42.8 Å². The van der Waals surface area contributed by atoms with Crippen LogP contribution in [0.15, 0.2) is 58.7 Å². The number of hydrogen-bond donors (Lipinski definition) is 1. The molecular formula is C26H23Cl2NO7. The summed E-state index contributed by atoms with van der Waals surface area (Å²) in [7, 11) is 2.74. The Labute approximate surface area is 217 Å². The fraction of sp³-hybridized carbons (Fsp3) is 0.231. The van der Waals surface area contributed by atoms with Gasteiger partial charge in [-0.3, -0.25) is 9.59 Å². The zero-order chi connectivity index (χ0) is 26.0. The summed E-state index contributed by atoms with van der Waals surface area (Å²) in [4.78, 5) is 27.8. The van der Waals surface area contributed by atoms with Crippen LogP contribution in [0, 0.1) is 0 Å². The van der Waals surface area contributed by atoms with Crippen molar-refractivity contribution in [3.8, 4) is 17.2 Å². The van der Waals surface area contributed by atoms with Crippen molar-refractivity contribution in [2.45, 2.75) is 19.5 Å². The first-order chi connectivity index (χ1) is 17.3. The molecule has 1 atom stereocenters. The van der Waals surface area contributed by atoms with Gasteiger partial charge in [-0.2, -0.15) is 0 Å². The number of rotatable bonds is 8. The van der Waals surface area contributed by atoms with Gasteiger partial charge in [-0.1, -0.05) is 35.3 Å². The molecule has 0 radical (unpaired) electrons. The first-order valence-corrected chi connectivity index (χ1v) is 11.7. The zero-order valence-corrected chi connectivity index (χ0v) is 21.2. The number of halogens is 2. The number of nitrogens with zero attached hydrogens (tertiary/aromatic N) is 1. The molecule has 188 valence electrons. The number of carbonyl (C=O) groups is 2. The second-order valence-corrected chi connectivity index (χ2v) is 8.58. The van der Waals surface area contributed by atoms with E-state index in [-0.39, 0.29) is 39.2 Å². The lowest BCUT2D eigenvalue weighted by Gasteiger charge is -2.25. The summed E-state index contributed by atoms with van der Waals surface area (Å²) < 4.78 is 21.6. The molecule has 1 aliphatic rings. The van der Waals surface area contributed by atoms with Crippen LogP contribution < -0.4 is 14.2 Å². The Morgan fingerprint density at radius 3 is 2.36 bits per heavy atom. The van der Waals surface area contributed by atoms with Crippen LogP contribution in [-0.4, -0.2) is 42.5 Å². The van der Waals surface area contributed by atoms with Gasteiger partial charge < -0.3 is 28.6 Å². The zero-order valence-electron chi connectivity index (χ0n) is 19.7. The van der Waals surface area contributed by atoms with E-state index in [1.54, 1.807) is 36.4 Å². The fourth-order valence-electron chi connectivity index (χ4n) is 4.16. The Morgan fingerprint density at radius 2 is 1.78 bits per heavy atom. The monoisotopic (exact) mass is 531 g/mol. The van der Waals surface area contributed by atoms with Crippen LogP contribution in [0.3, 0.4) is 0 Å². The van der Waals surface area contributed by atoms with E-state index in [9.17, 15) is 14.7 Å². The highest BCUT2D eigenvalue weighted by Gasteiger charge is 2.47. The molecule has 0 saturated carbocycles. The lowest BCUT2D eigenvalue weighted by atomic mass is 9.94. The number of methoxy groups -OCH3 is 2. The average molecular weight is 532 g/mol. The van der Waals surface area contributed by atoms with Crippen LogP contribution >= 0.6 is 23.2 Å². The first kappa shape index (κ1) is 25.5. The summed E-state index contributed by atoms with van der Waals surface area (Å²) in [6.07, 6.45) is 1.48. The summed E-state index contributed by atoms with van der Waals surface area (Å²) in [5.74, 6) is -0.872. The number of carbonyl (C=O) groups excluding carboxylic acids is 2. The lowest BCUT2D eigenvalue weighted by Crippen LogP contribution is -2.29. The maximum atomic E-state index is 13.3. The Kier molecular flexibility index (Phi) is 7.47. The first-order valence-electron chi connectivity index (χ1n) is 11.0. The standard InChI is InChI=1S/C26H23Cl2NO7/c1-4-35-15-9-7-14(8-10-15)21-19(23(31)26(32)29(21)13-16-6-5-11-36-16)22(30)17-12-18(27)25(34-3)20(28)24(17)33-2/h5-12,21,30H,4,13H2,1-3H3/b22-19+. The van der Waals surface area contributed by atoms with Crippen molar-refractivity contribution in [1.82, 2.24) is 4.90 Å². The maximum Gasteiger partial charge on any atom is 0.296 e. The minimum atomic E-state index is -0.935. The highest BCUT2D eigenvalue weighted by atomic mass is 35.5. The van der Waals surface area contributed by atoms with Gasteiger partial charge in [-0.15, -0.1) is 0 Å². The fourth-order valence-corrected chi connectivity index (χ4v) is 4.85. The number of amides is 1. The minimum absolute atomic E-state index is 0.00743. The van der Waals surface area contributed by atoms with E-state index in [2.05, 4.69) is 0 Å². The van der Waals surface area contributed by atoms with Crippen molar-refractivity contribution in [2.24, 2.45) is 0 Å². The molecule has 2 heterocycles. The number of ketones is 1. The van der Waals surface area contributed by atoms with Crippen molar-refractivity contribution in [3.05, 3.63) is 81.2 Å². The van der Waals surface area contributed by atoms with E-state index < -0.39 is 23.5 Å². The molecule has 0 bridgehead atoms. The Morgan fingerprint density at radius 1 is 1.08 bits per heavy atom. The summed E-state index contributed by atoms with van der Waals surface area (Å²) in [5.41, 5.74) is 0.474. The number of ether oxygens (including phenoxy) is 3. The van der Waals surface area contributed by atoms with Crippen molar-refractivity contribution in [3.63, 3.8) is 0 Å². The van der Waals surface area contributed by atoms with Gasteiger partial charge in [-0.25, -0.2) is 0 Å². The molecule has 2 aromatic carbocycles. The van der Waals surface area contributed by atoms with Crippen LogP contribution in [0.25, 0.3) is 5.76 Å². The molecule has 8 nitrogen and oxygen atoms in total. The van der Waals surface area contributed by atoms with Crippen LogP contribution in [-0.2, 0) is 16.1 Å². The molecular weight excluding hydrogens is 509 g/mol. The van der Waals surface area contributed by atoms with Crippen LogP contribution in [0.2, 0.25) is 10.0 Å². The molecule has 10 heteroatoms. The number of hydrogen-bond acceptors (Lipinski definition) is 7. The third kappa shape index (κ3) is 4.50. The van der Waals surface area contributed by atoms with Gasteiger partial charge in [0, 0.05) is 0 Å². The quantitative estimate of drug-likeness (QED) is 0.228. The second kappa shape index (κ2) is 10.6. The van der Waals surface area contributed by atoms with Gasteiger partial charge >= 0.3 is 0 Å². The number of aliphatic hydroxyl groups excluding tert-OH is 1. The average Bonchev–Trinajstić information content (AvgIpc) is 3.47. The topological polar surface area (TPSA) is 98.4 Å². The molecule has 1 aromatic heterocycles. The van der Waals surface area contributed by atoms with E-state index in [0.717, 1.165) is 0 Å². The molecule has 4 rings (SSSR count). The molecule has 1 saturated heterocycles. The second-order valence-electron chi connectivity index (χ2n) is 7.79. The van der Waals surface area contributed by atoms with Crippen LogP contribution in [0.4, 0.5) is 0 Å². The number of Topliss-reactive ketones (excluding diaryl/α,β-unsaturated/α-hetero) is 1. The van der Waals surface area contributed by atoms with Gasteiger partial charge in [0.15, 0.2) is 11.5 Å². The molecule has 1 amide bonds. The van der Waals surface area contributed by atoms with Crippen LogP contribution in [0.5, 0.6) is 17.2 Å². The number of aliphatic hydroxyl groups is 1. The van der Waals surface area contributed by atoms with E-state index >= 15 is 0 Å². The number of furan rings is 1. The van der Waals surface area contributed by atoms with Crippen molar-refractivity contribution in [2.75, 3.05) is 20.8 Å². The van der Waals surface area contributed by atoms with Crippen LogP contribution in [0.1, 0.15) is 29.9 Å². The molecule has 1 aliphatic heterocycles. The summed E-state index contributed by atoms with van der Waals surface area (Å²) >= 11 is 12.7. The van der Waals surface area contributed by atoms with Crippen molar-refractivity contribution < 1.29 is 33.3 Å². The number of likely N-dealkylation sites (tertiary alicyclic amines) is 1. The summed E-state index contributed by atoms with van der Waals surface area (Å²) in [6, 6.07) is 10.7. The molecule has 3 aromatic rings. The Hall–Kier alpha value is -3.62. The van der Waals surface area contributed by atoms with E-state index in [4.69, 9.17) is 41.8 Å². The lowest BCUT2D eigenvalue weighted by molar-refractivity contribution is -0.140. The summed E-state index contributed by atoms with van der Waals surface area (Å²) in [6.45, 7) is 2.35. The van der Waals surface area contributed by atoms with Gasteiger partial charge in [0.2, 0.25) is 0 Å². The third-order valence-corrected chi connectivity index (χ3v) is 6.37. The normalized spacial score (nSPS) is 16.9.